The van der Waals surface area contributed by atoms with Gasteiger partial charge >= 0.3 is 0 Å². The first-order valence-electron chi connectivity index (χ1n) is 2.78. The van der Waals surface area contributed by atoms with E-state index in [9.17, 15) is 0 Å². The first kappa shape index (κ1) is 6.02. The van der Waals surface area contributed by atoms with Gasteiger partial charge in [-0.25, -0.2) is 0 Å². The van der Waals surface area contributed by atoms with Crippen LogP contribution in [0.2, 0.25) is 0 Å². The molecule has 1 unspecified atom stereocenters. The summed E-state index contributed by atoms with van der Waals surface area (Å²) in [5, 5.41) is 0.797. The van der Waals surface area contributed by atoms with Crippen molar-refractivity contribution < 1.29 is 4.74 Å². The van der Waals surface area contributed by atoms with Crippen molar-refractivity contribution in [2.24, 2.45) is 0 Å². The molecule has 1 aliphatic heterocycles. The Morgan fingerprint density at radius 3 is 3.12 bits per heavy atom. The molecule has 1 atom stereocenters. The molecule has 1 rings (SSSR count). The van der Waals surface area contributed by atoms with Crippen molar-refractivity contribution in [2.75, 3.05) is 12.4 Å². The van der Waals surface area contributed by atoms with Gasteiger partial charge in [-0.05, 0) is 6.92 Å². The van der Waals surface area contributed by atoms with Gasteiger partial charge < -0.3 is 4.74 Å². The van der Waals surface area contributed by atoms with Gasteiger partial charge in [0.1, 0.15) is 0 Å². The average Bonchev–Trinajstić information content (AvgIpc) is 2.51. The first-order chi connectivity index (χ1) is 3.93. The van der Waals surface area contributed by atoms with E-state index in [2.05, 4.69) is 0 Å². The molecule has 0 aromatic carbocycles. The van der Waals surface area contributed by atoms with E-state index in [1.54, 1.807) is 6.26 Å². The van der Waals surface area contributed by atoms with Crippen LogP contribution >= 0.6 is 11.8 Å². The minimum atomic E-state index is 0.797. The predicted molar refractivity (Wildman–Crippen MR) is 37.0 cm³/mol. The van der Waals surface area contributed by atoms with E-state index in [0.29, 0.717) is 0 Å². The smallest absolute Gasteiger partial charge is 0.0999 e. The molecule has 46 valence electrons. The molecule has 1 heterocycles. The number of hydrogen-bond donors (Lipinski definition) is 0. The molecule has 0 spiro atoms. The second-order valence-corrected chi connectivity index (χ2v) is 3.09. The summed E-state index contributed by atoms with van der Waals surface area (Å²) in [7, 11) is 0. The molecule has 1 saturated heterocycles. The number of ether oxygens (including phenoxy) is 1. The molecule has 0 radical (unpaired) electrons. The third kappa shape index (κ3) is 2.26. The maximum Gasteiger partial charge on any atom is 0.0999 e. The molecule has 1 nitrogen and oxygen atoms in total. The van der Waals surface area contributed by atoms with Crippen LogP contribution in [0.5, 0.6) is 0 Å². The van der Waals surface area contributed by atoms with Crippen LogP contribution in [0.3, 0.4) is 0 Å². The lowest BCUT2D eigenvalue weighted by atomic mass is 10.5. The summed E-state index contributed by atoms with van der Waals surface area (Å²) in [6.45, 7) is 2.86. The van der Waals surface area contributed by atoms with Crippen LogP contribution in [0, 0.1) is 0 Å². The Bertz CT molecular complexity index is 86.5. The molecule has 0 amide bonds. The Morgan fingerprint density at radius 2 is 2.62 bits per heavy atom. The normalized spacial score (nSPS) is 26.4. The summed E-state index contributed by atoms with van der Waals surface area (Å²) in [6.07, 6.45) is 3.66. The Morgan fingerprint density at radius 1 is 1.88 bits per heavy atom. The van der Waals surface area contributed by atoms with Crippen LogP contribution in [0.4, 0.5) is 0 Å². The maximum atomic E-state index is 5.11. The highest BCUT2D eigenvalue weighted by Gasteiger charge is 2.21. The van der Waals surface area contributed by atoms with Gasteiger partial charge in [-0.15, -0.1) is 0 Å². The van der Waals surface area contributed by atoms with Crippen molar-refractivity contribution >= 4 is 11.8 Å². The number of hydrogen-bond acceptors (Lipinski definition) is 2. The van der Waals surface area contributed by atoms with E-state index in [0.717, 1.165) is 11.9 Å². The van der Waals surface area contributed by atoms with Gasteiger partial charge in [-0.1, -0.05) is 6.08 Å². The molecule has 2 heteroatoms. The van der Waals surface area contributed by atoms with Crippen LogP contribution in [0.1, 0.15) is 6.92 Å². The minimum absolute atomic E-state index is 0.797. The van der Waals surface area contributed by atoms with Gasteiger partial charge in [-0.2, -0.15) is 11.8 Å². The first-order valence-corrected chi connectivity index (χ1v) is 3.82. The average molecular weight is 130 g/mol. The predicted octanol–water partition coefficient (Wildman–Crippen LogP) is 1.65. The van der Waals surface area contributed by atoms with Crippen molar-refractivity contribution in [2.45, 2.75) is 12.2 Å². The van der Waals surface area contributed by atoms with Crippen LogP contribution in [-0.2, 0) is 4.74 Å². The standard InChI is InChI=1S/C6H10OS/c1-2-3-7-4-6-5-8-6/h2-3,6H,4-5H2,1H3. The summed E-state index contributed by atoms with van der Waals surface area (Å²) < 4.78 is 5.11. The molecule has 1 aliphatic rings. The zero-order valence-corrected chi connectivity index (χ0v) is 5.78. The van der Waals surface area contributed by atoms with E-state index >= 15 is 0 Å². The van der Waals surface area contributed by atoms with Crippen molar-refractivity contribution in [3.05, 3.63) is 12.3 Å². The van der Waals surface area contributed by atoms with Gasteiger partial charge in [-0.3, -0.25) is 0 Å². The van der Waals surface area contributed by atoms with Gasteiger partial charge in [0, 0.05) is 11.0 Å². The minimum Gasteiger partial charge on any atom is -0.500 e. The third-order valence-electron chi connectivity index (χ3n) is 0.917. The summed E-state index contributed by atoms with van der Waals surface area (Å²) >= 11 is 1.96. The van der Waals surface area contributed by atoms with Crippen LogP contribution in [-0.4, -0.2) is 17.6 Å². The number of allylic oxidation sites excluding steroid dienone is 1. The summed E-state index contributed by atoms with van der Waals surface area (Å²) in [6, 6.07) is 0. The molecule has 1 fully saturated rings. The fraction of sp³-hybridized carbons (Fsp3) is 0.667. The van der Waals surface area contributed by atoms with Crippen molar-refractivity contribution in [1.29, 1.82) is 0 Å². The van der Waals surface area contributed by atoms with E-state index < -0.39 is 0 Å². The van der Waals surface area contributed by atoms with E-state index in [-0.39, 0.29) is 0 Å². The fourth-order valence-electron chi connectivity index (χ4n) is 0.423. The Labute approximate surface area is 54.1 Å². The zero-order chi connectivity index (χ0) is 5.82. The van der Waals surface area contributed by atoms with E-state index in [4.69, 9.17) is 4.74 Å². The van der Waals surface area contributed by atoms with E-state index in [1.165, 1.54) is 5.75 Å². The lowest BCUT2D eigenvalue weighted by Gasteiger charge is -1.92. The molecule has 0 aliphatic carbocycles. The SMILES string of the molecule is CC=COCC1CS1. The second kappa shape index (κ2) is 3.02. The highest BCUT2D eigenvalue weighted by molar-refractivity contribution is 8.06. The largest absolute Gasteiger partial charge is 0.500 e. The third-order valence-corrected chi connectivity index (χ3v) is 1.86. The molecule has 8 heavy (non-hydrogen) atoms. The Hall–Kier alpha value is -0.110. The van der Waals surface area contributed by atoms with Gasteiger partial charge in [0.2, 0.25) is 0 Å². The van der Waals surface area contributed by atoms with Crippen LogP contribution in [0.25, 0.3) is 0 Å². The van der Waals surface area contributed by atoms with Crippen LogP contribution in [0.15, 0.2) is 12.3 Å². The highest BCUT2D eigenvalue weighted by Crippen LogP contribution is 2.29. The van der Waals surface area contributed by atoms with Crippen LogP contribution < -0.4 is 0 Å². The zero-order valence-electron chi connectivity index (χ0n) is 4.96. The van der Waals surface area contributed by atoms with E-state index in [1.807, 2.05) is 24.8 Å². The molecular formula is C6H10OS. The Balaban J connectivity index is 1.88. The van der Waals surface area contributed by atoms with Gasteiger partial charge in [0.15, 0.2) is 0 Å². The fourth-order valence-corrected chi connectivity index (χ4v) is 0.830. The number of thioether (sulfide) groups is 1. The van der Waals surface area contributed by atoms with Crippen molar-refractivity contribution in [3.8, 4) is 0 Å². The molecular weight excluding hydrogens is 120 g/mol. The lowest BCUT2D eigenvalue weighted by molar-refractivity contribution is 0.260. The second-order valence-electron chi connectivity index (χ2n) is 1.76. The van der Waals surface area contributed by atoms with Gasteiger partial charge in [0.05, 0.1) is 12.9 Å². The summed E-state index contributed by atoms with van der Waals surface area (Å²) in [4.78, 5) is 0. The van der Waals surface area contributed by atoms with Crippen molar-refractivity contribution in [1.82, 2.24) is 0 Å². The summed E-state index contributed by atoms with van der Waals surface area (Å²) in [5.41, 5.74) is 0. The molecule has 0 saturated carbocycles. The molecule has 0 aromatic rings. The highest BCUT2D eigenvalue weighted by atomic mass is 32.2. The maximum absolute atomic E-state index is 5.11. The molecule has 0 aromatic heterocycles. The number of rotatable bonds is 3. The lowest BCUT2D eigenvalue weighted by Crippen LogP contribution is -1.93. The molecule has 0 N–H and O–H groups in total. The topological polar surface area (TPSA) is 9.23 Å². The van der Waals surface area contributed by atoms with Gasteiger partial charge in [0.25, 0.3) is 0 Å². The summed E-state index contributed by atoms with van der Waals surface area (Å²) in [5.74, 6) is 1.29. The Kier molecular flexibility index (Phi) is 2.27. The van der Waals surface area contributed by atoms with Crippen molar-refractivity contribution in [3.63, 3.8) is 0 Å². The monoisotopic (exact) mass is 130 g/mol. The molecule has 0 bridgehead atoms. The quantitative estimate of drug-likeness (QED) is 0.424.